The molecular formula is C53H96NO7+. The molecule has 0 aliphatic heterocycles. The van der Waals surface area contributed by atoms with Crippen LogP contribution in [0.25, 0.3) is 0 Å². The SMILES string of the molecule is CCCC/C=C\C/C=C\CCCCCCCC(=O)OCC(COCCC(C(=O)O)[N+](C)(C)C)OC(=O)CCCCCCCCCCCCC/C=C\C/C=C\CCCCCCC. The van der Waals surface area contributed by atoms with E-state index in [4.69, 9.17) is 14.2 Å². The van der Waals surface area contributed by atoms with Crippen LogP contribution in [0.5, 0.6) is 0 Å². The highest BCUT2D eigenvalue weighted by molar-refractivity contribution is 5.72. The Balaban J connectivity index is 4.23. The smallest absolute Gasteiger partial charge is 0.362 e. The first kappa shape index (κ1) is 58.3. The van der Waals surface area contributed by atoms with Crippen molar-refractivity contribution in [2.45, 2.75) is 231 Å². The number of nitrogens with zero attached hydrogens (tertiary/aromatic N) is 1. The summed E-state index contributed by atoms with van der Waals surface area (Å²) in [6.45, 7) is 4.68. The van der Waals surface area contributed by atoms with Gasteiger partial charge in [-0.2, -0.15) is 0 Å². The zero-order valence-electron chi connectivity index (χ0n) is 40.4. The second-order valence-corrected chi connectivity index (χ2v) is 18.1. The van der Waals surface area contributed by atoms with Crippen molar-refractivity contribution < 1.29 is 38.2 Å². The normalized spacial score (nSPS) is 13.3. The lowest BCUT2D eigenvalue weighted by atomic mass is 10.0. The summed E-state index contributed by atoms with van der Waals surface area (Å²) in [7, 11) is 5.53. The van der Waals surface area contributed by atoms with Crippen LogP contribution < -0.4 is 0 Å². The van der Waals surface area contributed by atoms with Crippen molar-refractivity contribution in [1.29, 1.82) is 0 Å². The van der Waals surface area contributed by atoms with Gasteiger partial charge < -0.3 is 23.8 Å². The standard InChI is InChI=1S/C53H95NO7/c1-6-8-10-12-14-16-18-20-22-23-24-25-26-27-28-29-30-32-34-36-38-40-42-44-52(56)61-49(47-59-46-45-50(53(57)58)54(3,4)5)48-60-51(55)43-41-39-37-35-33-31-21-19-17-15-13-11-9-7-2/h13,15,18-21,23-24,49-50H,6-12,14,16-17,22,25-48H2,1-5H3/p+1/b15-13-,20-18-,21-19-,24-23-. The maximum absolute atomic E-state index is 12.8. The number of likely N-dealkylation sites (N-methyl/N-ethyl adjacent to an activating group) is 1. The fourth-order valence-corrected chi connectivity index (χ4v) is 7.26. The Hall–Kier alpha value is -2.71. The van der Waals surface area contributed by atoms with Gasteiger partial charge in [-0.1, -0.05) is 178 Å². The average molecular weight is 859 g/mol. The van der Waals surface area contributed by atoms with Crippen molar-refractivity contribution >= 4 is 17.9 Å². The molecule has 1 N–H and O–H groups in total. The Morgan fingerprint density at radius 1 is 0.492 bits per heavy atom. The van der Waals surface area contributed by atoms with Gasteiger partial charge in [0.1, 0.15) is 6.61 Å². The van der Waals surface area contributed by atoms with Gasteiger partial charge in [0.15, 0.2) is 12.1 Å². The van der Waals surface area contributed by atoms with E-state index < -0.39 is 18.1 Å². The minimum Gasteiger partial charge on any atom is -0.477 e. The molecule has 2 unspecified atom stereocenters. The summed E-state index contributed by atoms with van der Waals surface area (Å²) in [6.07, 6.45) is 53.0. The maximum Gasteiger partial charge on any atom is 0.362 e. The van der Waals surface area contributed by atoms with Crippen LogP contribution in [0.1, 0.15) is 219 Å². The molecule has 0 aromatic heterocycles. The minimum absolute atomic E-state index is 0.0559. The summed E-state index contributed by atoms with van der Waals surface area (Å²) in [5.74, 6) is -1.48. The Morgan fingerprint density at radius 2 is 0.885 bits per heavy atom. The van der Waals surface area contributed by atoms with Crippen LogP contribution in [-0.2, 0) is 28.6 Å². The number of esters is 2. The first-order chi connectivity index (χ1) is 29.6. The van der Waals surface area contributed by atoms with Crippen molar-refractivity contribution in [3.05, 3.63) is 48.6 Å². The summed E-state index contributed by atoms with van der Waals surface area (Å²) in [5.41, 5.74) is 0. The van der Waals surface area contributed by atoms with Gasteiger partial charge >= 0.3 is 17.9 Å². The summed E-state index contributed by atoms with van der Waals surface area (Å²) >= 11 is 0. The van der Waals surface area contributed by atoms with Crippen molar-refractivity contribution in [1.82, 2.24) is 0 Å². The quantitative estimate of drug-likeness (QED) is 0.0282. The van der Waals surface area contributed by atoms with Crippen LogP contribution in [0, 0.1) is 0 Å². The number of carbonyl (C=O) groups excluding carboxylic acids is 2. The van der Waals surface area contributed by atoms with Crippen LogP contribution in [0.2, 0.25) is 0 Å². The lowest BCUT2D eigenvalue weighted by Gasteiger charge is -2.31. The number of carboxylic acids is 1. The lowest BCUT2D eigenvalue weighted by molar-refractivity contribution is -0.887. The molecular weight excluding hydrogens is 763 g/mol. The molecule has 0 aromatic carbocycles. The third-order valence-corrected chi connectivity index (χ3v) is 11.2. The van der Waals surface area contributed by atoms with Crippen molar-refractivity contribution in [3.63, 3.8) is 0 Å². The number of carboxylic acid groups (broad SMARTS) is 1. The van der Waals surface area contributed by atoms with Gasteiger partial charge in [0.2, 0.25) is 0 Å². The molecule has 0 spiro atoms. The first-order valence-corrected chi connectivity index (χ1v) is 25.2. The summed E-state index contributed by atoms with van der Waals surface area (Å²) in [6, 6.07) is -0.618. The number of allylic oxidation sites excluding steroid dienone is 8. The molecule has 0 rings (SSSR count). The highest BCUT2D eigenvalue weighted by Crippen LogP contribution is 2.15. The van der Waals surface area contributed by atoms with E-state index in [9.17, 15) is 19.5 Å². The molecule has 2 atom stereocenters. The van der Waals surface area contributed by atoms with Gasteiger partial charge in [0.25, 0.3) is 0 Å². The number of unbranched alkanes of at least 4 members (excludes halogenated alkanes) is 23. The summed E-state index contributed by atoms with van der Waals surface area (Å²) < 4.78 is 17.3. The molecule has 0 aliphatic carbocycles. The molecule has 0 amide bonds. The largest absolute Gasteiger partial charge is 0.477 e. The molecule has 0 aromatic rings. The summed E-state index contributed by atoms with van der Waals surface area (Å²) in [5, 5.41) is 9.64. The third kappa shape index (κ3) is 42.4. The van der Waals surface area contributed by atoms with E-state index in [0.717, 1.165) is 70.6 Å². The molecule has 0 saturated carbocycles. The third-order valence-electron chi connectivity index (χ3n) is 11.2. The van der Waals surface area contributed by atoms with Gasteiger partial charge in [-0.05, 0) is 70.6 Å². The first-order valence-electron chi connectivity index (χ1n) is 25.2. The second kappa shape index (κ2) is 43.9. The molecule has 0 saturated heterocycles. The van der Waals surface area contributed by atoms with E-state index in [-0.39, 0.29) is 36.2 Å². The molecule has 8 nitrogen and oxygen atoms in total. The number of ether oxygens (including phenoxy) is 3. The molecule has 8 heteroatoms. The Kier molecular flexibility index (Phi) is 42.0. The highest BCUT2D eigenvalue weighted by Gasteiger charge is 2.31. The molecule has 0 aliphatic rings. The van der Waals surface area contributed by atoms with Gasteiger partial charge in [0, 0.05) is 19.3 Å². The van der Waals surface area contributed by atoms with E-state index in [0.29, 0.717) is 19.3 Å². The summed E-state index contributed by atoms with van der Waals surface area (Å²) in [4.78, 5) is 37.1. The van der Waals surface area contributed by atoms with Crippen molar-refractivity contribution in [2.75, 3.05) is 41.0 Å². The predicted octanol–water partition coefficient (Wildman–Crippen LogP) is 14.4. The average Bonchev–Trinajstić information content (AvgIpc) is 3.22. The molecule has 354 valence electrons. The molecule has 0 bridgehead atoms. The molecule has 0 heterocycles. The molecule has 61 heavy (non-hydrogen) atoms. The van der Waals surface area contributed by atoms with Crippen LogP contribution in [-0.4, -0.2) is 80.6 Å². The number of hydrogen-bond donors (Lipinski definition) is 1. The Morgan fingerprint density at radius 3 is 1.31 bits per heavy atom. The van der Waals surface area contributed by atoms with Gasteiger partial charge in [-0.15, -0.1) is 0 Å². The van der Waals surface area contributed by atoms with Crippen LogP contribution >= 0.6 is 0 Å². The number of quaternary nitrogens is 1. The van der Waals surface area contributed by atoms with Crippen LogP contribution in [0.15, 0.2) is 48.6 Å². The van der Waals surface area contributed by atoms with Gasteiger partial charge in [-0.3, -0.25) is 9.59 Å². The van der Waals surface area contributed by atoms with E-state index in [2.05, 4.69) is 62.5 Å². The molecule has 0 radical (unpaired) electrons. The lowest BCUT2D eigenvalue weighted by Crippen LogP contribution is -2.50. The zero-order chi connectivity index (χ0) is 44.9. The van der Waals surface area contributed by atoms with Crippen LogP contribution in [0.3, 0.4) is 0 Å². The van der Waals surface area contributed by atoms with Gasteiger partial charge in [-0.25, -0.2) is 4.79 Å². The van der Waals surface area contributed by atoms with Crippen molar-refractivity contribution in [3.8, 4) is 0 Å². The minimum atomic E-state index is -0.877. The number of carbonyl (C=O) groups is 3. The fourth-order valence-electron chi connectivity index (χ4n) is 7.26. The number of hydrogen-bond acceptors (Lipinski definition) is 6. The Labute approximate surface area is 376 Å². The Bertz CT molecular complexity index is 1140. The monoisotopic (exact) mass is 859 g/mol. The maximum atomic E-state index is 12.8. The van der Waals surface area contributed by atoms with Crippen LogP contribution in [0.4, 0.5) is 0 Å². The van der Waals surface area contributed by atoms with E-state index in [1.54, 1.807) is 0 Å². The fraction of sp³-hybridized carbons (Fsp3) is 0.792. The van der Waals surface area contributed by atoms with Crippen molar-refractivity contribution in [2.24, 2.45) is 0 Å². The highest BCUT2D eigenvalue weighted by atomic mass is 16.6. The molecule has 0 fully saturated rings. The van der Waals surface area contributed by atoms with Gasteiger partial charge in [0.05, 0.1) is 34.4 Å². The second-order valence-electron chi connectivity index (χ2n) is 18.1. The van der Waals surface area contributed by atoms with E-state index in [1.165, 1.54) is 116 Å². The van der Waals surface area contributed by atoms with E-state index in [1.807, 2.05) is 21.1 Å². The van der Waals surface area contributed by atoms with E-state index >= 15 is 0 Å². The number of rotatable bonds is 45. The zero-order valence-corrected chi connectivity index (χ0v) is 40.4. The predicted molar refractivity (Wildman–Crippen MR) is 257 cm³/mol. The topological polar surface area (TPSA) is 99.1 Å². The number of aliphatic carboxylic acids is 1.